The van der Waals surface area contributed by atoms with E-state index in [9.17, 15) is 0 Å². The maximum Gasteiger partial charge on any atom is 0.0426 e. The number of hydrogen-bond acceptors (Lipinski definition) is 2. The molecule has 94 valence electrons. The lowest BCUT2D eigenvalue weighted by Gasteiger charge is -2.44. The second-order valence-corrected chi connectivity index (χ2v) is 6.03. The van der Waals surface area contributed by atoms with Gasteiger partial charge in [-0.15, -0.1) is 0 Å². The van der Waals surface area contributed by atoms with Gasteiger partial charge in [-0.25, -0.2) is 0 Å². The van der Waals surface area contributed by atoms with E-state index in [1.807, 2.05) is 0 Å². The molecule has 0 amide bonds. The van der Waals surface area contributed by atoms with Crippen molar-refractivity contribution in [3.8, 4) is 0 Å². The highest BCUT2D eigenvalue weighted by atomic mass is 15.2. The van der Waals surface area contributed by atoms with E-state index >= 15 is 0 Å². The summed E-state index contributed by atoms with van der Waals surface area (Å²) in [6, 6.07) is 6.76. The van der Waals surface area contributed by atoms with Crippen molar-refractivity contribution in [2.75, 3.05) is 18.0 Å². The van der Waals surface area contributed by atoms with Gasteiger partial charge in [0.2, 0.25) is 0 Å². The van der Waals surface area contributed by atoms with E-state index in [2.05, 4.69) is 50.8 Å². The highest BCUT2D eigenvalue weighted by Crippen LogP contribution is 2.34. The summed E-state index contributed by atoms with van der Waals surface area (Å²) in [4.78, 5) is 2.46. The number of rotatable bonds is 1. The molecule has 1 aliphatic heterocycles. The van der Waals surface area contributed by atoms with Crippen molar-refractivity contribution in [1.29, 1.82) is 0 Å². The van der Waals surface area contributed by atoms with Crippen LogP contribution in [0.2, 0.25) is 0 Å². The molecule has 0 aromatic heterocycles. The van der Waals surface area contributed by atoms with Crippen molar-refractivity contribution in [2.24, 2.45) is 11.1 Å². The van der Waals surface area contributed by atoms with Gasteiger partial charge in [0.1, 0.15) is 0 Å². The number of nitrogens with two attached hydrogens (primary N) is 1. The summed E-state index contributed by atoms with van der Waals surface area (Å²) in [6.45, 7) is 11.0. The number of para-hydroxylation sites is 1. The first-order chi connectivity index (χ1) is 7.92. The standard InChI is InChI=1S/C15H24N2/c1-11-6-5-7-12(2)14(11)17-9-8-15(3,4)13(16)10-17/h5-7,13H,8-10,16H2,1-4H3. The number of nitrogens with zero attached hydrogens (tertiary/aromatic N) is 1. The first-order valence-electron chi connectivity index (χ1n) is 6.48. The van der Waals surface area contributed by atoms with Crippen LogP contribution in [0.15, 0.2) is 18.2 Å². The van der Waals surface area contributed by atoms with Gasteiger partial charge in [-0.05, 0) is 36.8 Å². The summed E-state index contributed by atoms with van der Waals surface area (Å²) in [5.41, 5.74) is 10.7. The quantitative estimate of drug-likeness (QED) is 0.806. The maximum atomic E-state index is 6.30. The lowest BCUT2D eigenvalue weighted by Crippen LogP contribution is -2.53. The fraction of sp³-hybridized carbons (Fsp3) is 0.600. The predicted molar refractivity (Wildman–Crippen MR) is 74.5 cm³/mol. The molecule has 2 rings (SSSR count). The molecule has 1 unspecified atom stereocenters. The molecule has 1 aliphatic rings. The van der Waals surface area contributed by atoms with Gasteiger partial charge in [0, 0.05) is 24.8 Å². The molecule has 1 aromatic carbocycles. The Kier molecular flexibility index (Phi) is 3.17. The molecule has 1 saturated heterocycles. The molecule has 0 aliphatic carbocycles. The number of hydrogen-bond donors (Lipinski definition) is 1. The summed E-state index contributed by atoms with van der Waals surface area (Å²) in [5, 5.41) is 0. The molecule has 1 aromatic rings. The van der Waals surface area contributed by atoms with Gasteiger partial charge in [-0.1, -0.05) is 32.0 Å². The normalized spacial score (nSPS) is 23.8. The third kappa shape index (κ3) is 2.32. The molecular formula is C15H24N2. The zero-order valence-corrected chi connectivity index (χ0v) is 11.5. The average Bonchev–Trinajstić information content (AvgIpc) is 2.23. The molecule has 0 bridgehead atoms. The maximum absolute atomic E-state index is 6.30. The largest absolute Gasteiger partial charge is 0.370 e. The lowest BCUT2D eigenvalue weighted by molar-refractivity contribution is 0.235. The van der Waals surface area contributed by atoms with E-state index in [0.717, 1.165) is 13.1 Å². The molecule has 2 nitrogen and oxygen atoms in total. The van der Waals surface area contributed by atoms with Crippen LogP contribution in [0, 0.1) is 19.3 Å². The zero-order valence-electron chi connectivity index (χ0n) is 11.5. The molecule has 2 heteroatoms. The number of anilines is 1. The van der Waals surface area contributed by atoms with E-state index in [0.29, 0.717) is 0 Å². The molecule has 1 fully saturated rings. The van der Waals surface area contributed by atoms with Gasteiger partial charge in [0.05, 0.1) is 0 Å². The Bertz CT molecular complexity index is 389. The third-order valence-corrected chi connectivity index (χ3v) is 4.20. The lowest BCUT2D eigenvalue weighted by atomic mass is 9.78. The first kappa shape index (κ1) is 12.4. The van der Waals surface area contributed by atoms with Crippen LogP contribution in [0.3, 0.4) is 0 Å². The number of piperidine rings is 1. The summed E-state index contributed by atoms with van der Waals surface area (Å²) in [6.07, 6.45) is 1.17. The molecule has 1 heterocycles. The Labute approximate surface area is 105 Å². The fourth-order valence-corrected chi connectivity index (χ4v) is 2.69. The molecule has 0 spiro atoms. The Hall–Kier alpha value is -1.02. The van der Waals surface area contributed by atoms with Crippen LogP contribution < -0.4 is 10.6 Å². The summed E-state index contributed by atoms with van der Waals surface area (Å²) in [5.74, 6) is 0. The molecule has 17 heavy (non-hydrogen) atoms. The predicted octanol–water partition coefficient (Wildman–Crippen LogP) is 2.87. The number of aryl methyl sites for hydroxylation is 2. The van der Waals surface area contributed by atoms with Crippen molar-refractivity contribution >= 4 is 5.69 Å². The van der Waals surface area contributed by atoms with Gasteiger partial charge in [0.25, 0.3) is 0 Å². The van der Waals surface area contributed by atoms with E-state index < -0.39 is 0 Å². The fourth-order valence-electron chi connectivity index (χ4n) is 2.69. The van der Waals surface area contributed by atoms with Crippen LogP contribution >= 0.6 is 0 Å². The SMILES string of the molecule is Cc1cccc(C)c1N1CCC(C)(C)C(N)C1. The minimum Gasteiger partial charge on any atom is -0.370 e. The van der Waals surface area contributed by atoms with Crippen LogP contribution in [0.4, 0.5) is 5.69 Å². The Balaban J connectivity index is 2.26. The van der Waals surface area contributed by atoms with Crippen molar-refractivity contribution in [3.05, 3.63) is 29.3 Å². The van der Waals surface area contributed by atoms with Gasteiger partial charge in [0.15, 0.2) is 0 Å². The van der Waals surface area contributed by atoms with Gasteiger partial charge < -0.3 is 10.6 Å². The molecule has 1 atom stereocenters. The molecule has 2 N–H and O–H groups in total. The van der Waals surface area contributed by atoms with Crippen LogP contribution in [-0.2, 0) is 0 Å². The average molecular weight is 232 g/mol. The van der Waals surface area contributed by atoms with Crippen molar-refractivity contribution in [1.82, 2.24) is 0 Å². The van der Waals surface area contributed by atoms with Gasteiger partial charge in [-0.3, -0.25) is 0 Å². The third-order valence-electron chi connectivity index (χ3n) is 4.20. The topological polar surface area (TPSA) is 29.3 Å². The molecular weight excluding hydrogens is 208 g/mol. The Morgan fingerprint density at radius 3 is 2.35 bits per heavy atom. The van der Waals surface area contributed by atoms with Crippen LogP contribution in [0.1, 0.15) is 31.4 Å². The second-order valence-electron chi connectivity index (χ2n) is 6.03. The Morgan fingerprint density at radius 2 is 1.82 bits per heavy atom. The number of benzene rings is 1. The van der Waals surface area contributed by atoms with Crippen molar-refractivity contribution < 1.29 is 0 Å². The monoisotopic (exact) mass is 232 g/mol. The van der Waals surface area contributed by atoms with Crippen LogP contribution in [0.25, 0.3) is 0 Å². The van der Waals surface area contributed by atoms with E-state index in [1.54, 1.807) is 0 Å². The van der Waals surface area contributed by atoms with Gasteiger partial charge >= 0.3 is 0 Å². The zero-order chi connectivity index (χ0) is 12.6. The summed E-state index contributed by atoms with van der Waals surface area (Å²) >= 11 is 0. The molecule has 0 saturated carbocycles. The van der Waals surface area contributed by atoms with Crippen molar-refractivity contribution in [2.45, 2.75) is 40.2 Å². The minimum atomic E-state index is 0.259. The second kappa shape index (κ2) is 4.34. The summed E-state index contributed by atoms with van der Waals surface area (Å²) in [7, 11) is 0. The summed E-state index contributed by atoms with van der Waals surface area (Å²) < 4.78 is 0. The van der Waals surface area contributed by atoms with Gasteiger partial charge in [-0.2, -0.15) is 0 Å². The minimum absolute atomic E-state index is 0.259. The van der Waals surface area contributed by atoms with E-state index in [-0.39, 0.29) is 11.5 Å². The Morgan fingerprint density at radius 1 is 1.24 bits per heavy atom. The smallest absolute Gasteiger partial charge is 0.0426 e. The van der Waals surface area contributed by atoms with Crippen LogP contribution in [0.5, 0.6) is 0 Å². The highest BCUT2D eigenvalue weighted by Gasteiger charge is 2.33. The molecule has 0 radical (unpaired) electrons. The first-order valence-corrected chi connectivity index (χ1v) is 6.48. The van der Waals surface area contributed by atoms with Crippen LogP contribution in [-0.4, -0.2) is 19.1 Å². The van der Waals surface area contributed by atoms with E-state index in [4.69, 9.17) is 5.73 Å². The highest BCUT2D eigenvalue weighted by molar-refractivity contribution is 5.59. The van der Waals surface area contributed by atoms with Crippen molar-refractivity contribution in [3.63, 3.8) is 0 Å². The van der Waals surface area contributed by atoms with E-state index in [1.165, 1.54) is 23.2 Å².